The fraction of sp³-hybridized carbons (Fsp3) is 0.636. The summed E-state index contributed by atoms with van der Waals surface area (Å²) in [7, 11) is 1.81. The number of oxazole rings is 1. The van der Waals surface area contributed by atoms with Gasteiger partial charge in [-0.25, -0.2) is 4.98 Å². The largest absolute Gasteiger partial charge is 0.444 e. The van der Waals surface area contributed by atoms with Gasteiger partial charge in [0.1, 0.15) is 5.76 Å². The second-order valence-electron chi connectivity index (χ2n) is 4.14. The van der Waals surface area contributed by atoms with Gasteiger partial charge in [0.2, 0.25) is 11.8 Å². The van der Waals surface area contributed by atoms with E-state index in [2.05, 4.69) is 10.3 Å². The molecule has 1 N–H and O–H groups in total. The van der Waals surface area contributed by atoms with Gasteiger partial charge in [-0.15, -0.1) is 0 Å². The number of hydrogen-bond donors (Lipinski definition) is 1. The molecule has 0 aliphatic carbocycles. The Hall–Kier alpha value is -1.36. The van der Waals surface area contributed by atoms with E-state index in [4.69, 9.17) is 4.42 Å². The minimum absolute atomic E-state index is 0.0443. The predicted molar refractivity (Wildman–Crippen MR) is 58.9 cm³/mol. The van der Waals surface area contributed by atoms with Gasteiger partial charge >= 0.3 is 0 Å². The molecular weight excluding hydrogens is 206 g/mol. The van der Waals surface area contributed by atoms with Crippen molar-refractivity contribution in [2.45, 2.75) is 32.9 Å². The number of nitrogens with zero attached hydrogens (tertiary/aromatic N) is 2. The second-order valence-corrected chi connectivity index (χ2v) is 4.14. The molecule has 0 saturated carbocycles. The SMILES string of the molecule is CNC1CCN(Cc2nc(C)c(C)o2)C1=O. The van der Waals surface area contributed by atoms with Gasteiger partial charge in [0.25, 0.3) is 0 Å². The first-order chi connectivity index (χ1) is 7.61. The van der Waals surface area contributed by atoms with E-state index < -0.39 is 0 Å². The molecular formula is C11H17N3O2. The second kappa shape index (κ2) is 4.25. The maximum absolute atomic E-state index is 11.8. The van der Waals surface area contributed by atoms with Gasteiger partial charge in [0.15, 0.2) is 0 Å². The lowest BCUT2D eigenvalue weighted by Gasteiger charge is -2.13. The minimum atomic E-state index is -0.0443. The molecule has 5 nitrogen and oxygen atoms in total. The molecule has 2 rings (SSSR count). The molecule has 2 heterocycles. The number of likely N-dealkylation sites (tertiary alicyclic amines) is 1. The fourth-order valence-electron chi connectivity index (χ4n) is 1.93. The molecule has 1 aromatic rings. The predicted octanol–water partition coefficient (Wildman–Crippen LogP) is 0.612. The summed E-state index contributed by atoms with van der Waals surface area (Å²) in [5.41, 5.74) is 0.895. The van der Waals surface area contributed by atoms with Crippen LogP contribution in [0.4, 0.5) is 0 Å². The van der Waals surface area contributed by atoms with Gasteiger partial charge in [0.05, 0.1) is 18.3 Å². The summed E-state index contributed by atoms with van der Waals surface area (Å²) < 4.78 is 5.47. The zero-order valence-electron chi connectivity index (χ0n) is 9.91. The Morgan fingerprint density at radius 1 is 1.56 bits per heavy atom. The van der Waals surface area contributed by atoms with Crippen LogP contribution >= 0.6 is 0 Å². The van der Waals surface area contributed by atoms with E-state index in [-0.39, 0.29) is 11.9 Å². The van der Waals surface area contributed by atoms with Crippen molar-refractivity contribution in [1.29, 1.82) is 0 Å². The molecule has 1 aliphatic rings. The van der Waals surface area contributed by atoms with Crippen LogP contribution in [-0.2, 0) is 11.3 Å². The van der Waals surface area contributed by atoms with E-state index in [1.807, 2.05) is 20.9 Å². The molecule has 1 fully saturated rings. The average molecular weight is 223 g/mol. The van der Waals surface area contributed by atoms with Crippen molar-refractivity contribution in [3.63, 3.8) is 0 Å². The number of carbonyl (C=O) groups excluding carboxylic acids is 1. The summed E-state index contributed by atoms with van der Waals surface area (Å²) >= 11 is 0. The number of aromatic nitrogens is 1. The lowest BCUT2D eigenvalue weighted by Crippen LogP contribution is -2.35. The van der Waals surface area contributed by atoms with Gasteiger partial charge < -0.3 is 14.6 Å². The molecule has 0 radical (unpaired) electrons. The molecule has 16 heavy (non-hydrogen) atoms. The number of aryl methyl sites for hydroxylation is 2. The molecule has 0 aromatic carbocycles. The summed E-state index contributed by atoms with van der Waals surface area (Å²) in [5.74, 6) is 1.59. The highest BCUT2D eigenvalue weighted by Crippen LogP contribution is 2.16. The van der Waals surface area contributed by atoms with Crippen LogP contribution < -0.4 is 5.32 Å². The summed E-state index contributed by atoms with van der Waals surface area (Å²) in [6, 6.07) is -0.0443. The quantitative estimate of drug-likeness (QED) is 0.815. The van der Waals surface area contributed by atoms with E-state index in [9.17, 15) is 4.79 Å². The molecule has 0 bridgehead atoms. The van der Waals surface area contributed by atoms with Crippen LogP contribution in [0.15, 0.2) is 4.42 Å². The molecule has 1 aromatic heterocycles. The number of amides is 1. The topological polar surface area (TPSA) is 58.4 Å². The number of hydrogen-bond acceptors (Lipinski definition) is 4. The monoisotopic (exact) mass is 223 g/mol. The molecule has 5 heteroatoms. The van der Waals surface area contributed by atoms with Gasteiger partial charge in [-0.05, 0) is 27.3 Å². The molecule has 0 spiro atoms. The Bertz CT molecular complexity index is 380. The Morgan fingerprint density at radius 3 is 2.81 bits per heavy atom. The lowest BCUT2D eigenvalue weighted by atomic mass is 10.3. The van der Waals surface area contributed by atoms with Crippen molar-refractivity contribution in [1.82, 2.24) is 15.2 Å². The van der Waals surface area contributed by atoms with Crippen LogP contribution in [0, 0.1) is 13.8 Å². The van der Waals surface area contributed by atoms with Gasteiger partial charge in [-0.2, -0.15) is 0 Å². The van der Waals surface area contributed by atoms with Gasteiger partial charge in [-0.3, -0.25) is 4.79 Å². The van der Waals surface area contributed by atoms with Gasteiger partial charge in [0, 0.05) is 6.54 Å². The van der Waals surface area contributed by atoms with Crippen molar-refractivity contribution in [2.75, 3.05) is 13.6 Å². The highest BCUT2D eigenvalue weighted by molar-refractivity contribution is 5.83. The number of rotatable bonds is 3. The highest BCUT2D eigenvalue weighted by atomic mass is 16.4. The molecule has 88 valence electrons. The normalized spacial score (nSPS) is 20.8. The molecule has 1 atom stereocenters. The first kappa shape index (κ1) is 11.1. The molecule has 1 amide bonds. The van der Waals surface area contributed by atoms with Crippen molar-refractivity contribution in [3.8, 4) is 0 Å². The van der Waals surface area contributed by atoms with E-state index in [1.54, 1.807) is 4.90 Å². The summed E-state index contributed by atoms with van der Waals surface area (Å²) in [4.78, 5) is 17.9. The van der Waals surface area contributed by atoms with Crippen LogP contribution in [-0.4, -0.2) is 35.4 Å². The molecule has 1 unspecified atom stereocenters. The number of likely N-dealkylation sites (N-methyl/N-ethyl adjacent to an activating group) is 1. The van der Waals surface area contributed by atoms with Crippen molar-refractivity contribution < 1.29 is 9.21 Å². The smallest absolute Gasteiger partial charge is 0.240 e. The first-order valence-electron chi connectivity index (χ1n) is 5.50. The maximum Gasteiger partial charge on any atom is 0.240 e. The average Bonchev–Trinajstić information content (AvgIpc) is 2.74. The zero-order valence-corrected chi connectivity index (χ0v) is 9.91. The summed E-state index contributed by atoms with van der Waals surface area (Å²) in [6.07, 6.45) is 0.855. The molecule has 1 saturated heterocycles. The Labute approximate surface area is 94.8 Å². The van der Waals surface area contributed by atoms with Crippen molar-refractivity contribution in [3.05, 3.63) is 17.3 Å². The number of nitrogens with one attached hydrogen (secondary N) is 1. The lowest BCUT2D eigenvalue weighted by molar-refractivity contribution is -0.130. The van der Waals surface area contributed by atoms with E-state index in [0.717, 1.165) is 24.4 Å². The van der Waals surface area contributed by atoms with Gasteiger partial charge in [-0.1, -0.05) is 0 Å². The van der Waals surface area contributed by atoms with Crippen LogP contribution in [0.2, 0.25) is 0 Å². The maximum atomic E-state index is 11.8. The van der Waals surface area contributed by atoms with Crippen LogP contribution in [0.5, 0.6) is 0 Å². The summed E-state index contributed by atoms with van der Waals surface area (Å²) in [5, 5.41) is 3.00. The van der Waals surface area contributed by atoms with E-state index in [1.165, 1.54) is 0 Å². The first-order valence-corrected chi connectivity index (χ1v) is 5.50. The highest BCUT2D eigenvalue weighted by Gasteiger charge is 2.31. The minimum Gasteiger partial charge on any atom is -0.444 e. The fourth-order valence-corrected chi connectivity index (χ4v) is 1.93. The standard InChI is InChI=1S/C11H17N3O2/c1-7-8(2)16-10(13-7)6-14-5-4-9(12-3)11(14)15/h9,12H,4-6H2,1-3H3. The Balaban J connectivity index is 2.03. The number of carbonyl (C=O) groups is 1. The van der Waals surface area contributed by atoms with E-state index >= 15 is 0 Å². The van der Waals surface area contributed by atoms with Crippen LogP contribution in [0.1, 0.15) is 23.8 Å². The van der Waals surface area contributed by atoms with Crippen molar-refractivity contribution >= 4 is 5.91 Å². The molecule has 1 aliphatic heterocycles. The third-order valence-electron chi connectivity index (χ3n) is 3.04. The Kier molecular flexibility index (Phi) is 2.96. The van der Waals surface area contributed by atoms with Crippen LogP contribution in [0.3, 0.4) is 0 Å². The summed E-state index contributed by atoms with van der Waals surface area (Å²) in [6.45, 7) is 5.04. The third kappa shape index (κ3) is 1.95. The van der Waals surface area contributed by atoms with Crippen molar-refractivity contribution in [2.24, 2.45) is 0 Å². The van der Waals surface area contributed by atoms with Crippen LogP contribution in [0.25, 0.3) is 0 Å². The zero-order chi connectivity index (χ0) is 11.7. The third-order valence-corrected chi connectivity index (χ3v) is 3.04. The van der Waals surface area contributed by atoms with E-state index in [0.29, 0.717) is 12.4 Å². The Morgan fingerprint density at radius 2 is 2.31 bits per heavy atom.